The van der Waals surface area contributed by atoms with Crippen molar-refractivity contribution in [3.63, 3.8) is 0 Å². The Morgan fingerprint density at radius 1 is 1.21 bits per heavy atom. The molecule has 6 nitrogen and oxygen atoms in total. The van der Waals surface area contributed by atoms with E-state index in [4.69, 9.17) is 4.74 Å². The second-order valence-corrected chi connectivity index (χ2v) is 8.83. The van der Waals surface area contributed by atoms with E-state index in [2.05, 4.69) is 27.5 Å². The number of hydrogen-bond donors (Lipinski definition) is 1. The van der Waals surface area contributed by atoms with Gasteiger partial charge in [0.2, 0.25) is 0 Å². The zero-order valence-electron chi connectivity index (χ0n) is 18.6. The molecule has 1 aliphatic rings. The van der Waals surface area contributed by atoms with Crippen LogP contribution >= 0.6 is 15.9 Å². The van der Waals surface area contributed by atoms with Crippen LogP contribution in [0.1, 0.15) is 28.3 Å². The highest BCUT2D eigenvalue weighted by Gasteiger charge is 2.46. The topological polar surface area (TPSA) is 79.7 Å². The van der Waals surface area contributed by atoms with Crippen LogP contribution in [0.4, 0.5) is 0 Å². The van der Waals surface area contributed by atoms with Crippen molar-refractivity contribution in [2.24, 2.45) is 0 Å². The lowest BCUT2D eigenvalue weighted by molar-refractivity contribution is -0.140. The largest absolute Gasteiger partial charge is 0.507 e. The average Bonchev–Trinajstić information content (AvgIpc) is 3.08. The van der Waals surface area contributed by atoms with Gasteiger partial charge in [0, 0.05) is 29.0 Å². The number of ketones is 1. The predicted octanol–water partition coefficient (Wildman–Crippen LogP) is 5.34. The first-order valence-corrected chi connectivity index (χ1v) is 11.5. The summed E-state index contributed by atoms with van der Waals surface area (Å²) in [6, 6.07) is 15.4. The Balaban J connectivity index is 1.82. The lowest BCUT2D eigenvalue weighted by Crippen LogP contribution is -2.29. The number of aliphatic hydroxyl groups excluding tert-OH is 1. The molecule has 1 aliphatic heterocycles. The summed E-state index contributed by atoms with van der Waals surface area (Å²) >= 11 is 3.43. The number of nitrogens with zero attached hydrogens (tertiary/aromatic N) is 2. The summed E-state index contributed by atoms with van der Waals surface area (Å²) in [5.41, 5.74) is 2.74. The molecule has 0 bridgehead atoms. The number of hydrogen-bond acceptors (Lipinski definition) is 5. The number of carbonyl (C=O) groups excluding carboxylic acids is 2. The van der Waals surface area contributed by atoms with Gasteiger partial charge in [-0.2, -0.15) is 0 Å². The van der Waals surface area contributed by atoms with E-state index in [1.807, 2.05) is 37.3 Å². The molecule has 2 aromatic carbocycles. The monoisotopic (exact) mass is 518 g/mol. The smallest absolute Gasteiger partial charge is 0.295 e. The maximum atomic E-state index is 13.2. The number of aromatic nitrogens is 1. The summed E-state index contributed by atoms with van der Waals surface area (Å²) in [6.07, 6.45) is 4.95. The number of likely N-dealkylation sites (tertiary alicyclic amines) is 1. The molecular formula is C27H23BrN2O4. The fourth-order valence-electron chi connectivity index (χ4n) is 4.01. The van der Waals surface area contributed by atoms with E-state index in [1.54, 1.807) is 42.7 Å². The highest BCUT2D eigenvalue weighted by Crippen LogP contribution is 2.41. The molecule has 1 unspecified atom stereocenters. The van der Waals surface area contributed by atoms with Gasteiger partial charge in [-0.3, -0.25) is 14.6 Å². The number of halogens is 1. The minimum atomic E-state index is -0.746. The van der Waals surface area contributed by atoms with Crippen LogP contribution in [-0.4, -0.2) is 33.3 Å². The van der Waals surface area contributed by atoms with Crippen LogP contribution in [0.3, 0.4) is 0 Å². The van der Waals surface area contributed by atoms with Gasteiger partial charge >= 0.3 is 0 Å². The SMILES string of the molecule is C=CCOc1ccc(C(O)=C2C(=O)C(=O)N(Cc3cccnc3)C2c2ccc(Br)cc2)c(C)c1. The summed E-state index contributed by atoms with van der Waals surface area (Å²) in [6.45, 7) is 5.99. The van der Waals surface area contributed by atoms with Crippen molar-refractivity contribution >= 4 is 33.4 Å². The third-order valence-corrected chi connectivity index (χ3v) is 6.15. The van der Waals surface area contributed by atoms with E-state index >= 15 is 0 Å². The minimum absolute atomic E-state index is 0.0547. The van der Waals surface area contributed by atoms with Gasteiger partial charge in [-0.05, 0) is 60.0 Å². The van der Waals surface area contributed by atoms with E-state index in [-0.39, 0.29) is 17.9 Å². The molecule has 0 aliphatic carbocycles. The number of amides is 1. The van der Waals surface area contributed by atoms with Gasteiger partial charge in [0.1, 0.15) is 18.1 Å². The summed E-state index contributed by atoms with van der Waals surface area (Å²) in [5, 5.41) is 11.3. The van der Waals surface area contributed by atoms with Crippen LogP contribution in [0.5, 0.6) is 5.75 Å². The van der Waals surface area contributed by atoms with Crippen LogP contribution in [0, 0.1) is 6.92 Å². The molecule has 34 heavy (non-hydrogen) atoms. The number of carbonyl (C=O) groups is 2. The quantitative estimate of drug-likeness (QED) is 0.197. The third kappa shape index (κ3) is 4.65. The van der Waals surface area contributed by atoms with Crippen molar-refractivity contribution in [2.75, 3.05) is 6.61 Å². The zero-order valence-corrected chi connectivity index (χ0v) is 20.2. The molecule has 1 amide bonds. The van der Waals surface area contributed by atoms with Gasteiger partial charge in [-0.25, -0.2) is 0 Å². The van der Waals surface area contributed by atoms with Crippen molar-refractivity contribution in [3.05, 3.63) is 112 Å². The number of rotatable bonds is 7. The zero-order chi connectivity index (χ0) is 24.2. The molecule has 3 aromatic rings. The molecule has 0 saturated carbocycles. The molecule has 1 saturated heterocycles. The molecule has 7 heteroatoms. The van der Waals surface area contributed by atoms with E-state index in [0.717, 1.165) is 15.6 Å². The Morgan fingerprint density at radius 2 is 1.97 bits per heavy atom. The van der Waals surface area contributed by atoms with Crippen LogP contribution in [0.2, 0.25) is 0 Å². The molecule has 4 rings (SSSR count). The Labute approximate surface area is 206 Å². The molecule has 1 N–H and O–H groups in total. The minimum Gasteiger partial charge on any atom is -0.507 e. The van der Waals surface area contributed by atoms with Gasteiger partial charge in [0.15, 0.2) is 0 Å². The van der Waals surface area contributed by atoms with Crippen LogP contribution in [0.25, 0.3) is 5.76 Å². The van der Waals surface area contributed by atoms with Gasteiger partial charge in [0.05, 0.1) is 11.6 Å². The first-order valence-electron chi connectivity index (χ1n) is 10.7. The van der Waals surface area contributed by atoms with E-state index < -0.39 is 17.7 Å². The number of Topliss-reactive ketones (excluding diaryl/α,β-unsaturated/α-hetero) is 1. The Morgan fingerprint density at radius 3 is 2.62 bits per heavy atom. The number of benzene rings is 2. The highest BCUT2D eigenvalue weighted by molar-refractivity contribution is 9.10. The highest BCUT2D eigenvalue weighted by atomic mass is 79.9. The summed E-state index contributed by atoms with van der Waals surface area (Å²) < 4.78 is 6.43. The van der Waals surface area contributed by atoms with Crippen LogP contribution < -0.4 is 4.74 Å². The van der Waals surface area contributed by atoms with Crippen molar-refractivity contribution in [1.82, 2.24) is 9.88 Å². The van der Waals surface area contributed by atoms with Gasteiger partial charge < -0.3 is 14.7 Å². The Hall–Kier alpha value is -3.71. The molecule has 1 atom stereocenters. The number of aryl methyl sites for hydroxylation is 1. The third-order valence-electron chi connectivity index (χ3n) is 5.62. The summed E-state index contributed by atoms with van der Waals surface area (Å²) in [5.74, 6) is -0.981. The second-order valence-electron chi connectivity index (χ2n) is 7.92. The lowest BCUT2D eigenvalue weighted by atomic mass is 9.94. The number of aliphatic hydroxyl groups is 1. The van der Waals surface area contributed by atoms with Crippen molar-refractivity contribution < 1.29 is 19.4 Å². The fourth-order valence-corrected chi connectivity index (χ4v) is 4.28. The Bertz CT molecular complexity index is 1270. The average molecular weight is 519 g/mol. The molecule has 1 fully saturated rings. The molecule has 0 radical (unpaired) electrons. The van der Waals surface area contributed by atoms with Crippen LogP contribution in [0.15, 0.2) is 89.7 Å². The maximum absolute atomic E-state index is 13.2. The standard InChI is InChI=1S/C27H23BrN2O4/c1-3-13-34-21-10-11-22(17(2)14-21)25(31)23-24(19-6-8-20(28)9-7-19)30(27(33)26(23)32)16-18-5-4-12-29-15-18/h3-12,14-15,24,31H,1,13,16H2,2H3. The molecule has 0 spiro atoms. The van der Waals surface area contributed by atoms with Gasteiger partial charge in [-0.1, -0.05) is 46.8 Å². The lowest BCUT2D eigenvalue weighted by Gasteiger charge is -2.25. The summed E-state index contributed by atoms with van der Waals surface area (Å²) in [7, 11) is 0. The van der Waals surface area contributed by atoms with Crippen molar-refractivity contribution in [2.45, 2.75) is 19.5 Å². The maximum Gasteiger partial charge on any atom is 0.295 e. The molecule has 172 valence electrons. The fraction of sp³-hybridized carbons (Fsp3) is 0.148. The summed E-state index contributed by atoms with van der Waals surface area (Å²) in [4.78, 5) is 31.9. The second kappa shape index (κ2) is 10.1. The van der Waals surface area contributed by atoms with Crippen molar-refractivity contribution in [1.29, 1.82) is 0 Å². The van der Waals surface area contributed by atoms with Crippen molar-refractivity contribution in [3.8, 4) is 5.75 Å². The first-order chi connectivity index (χ1) is 16.4. The first kappa shape index (κ1) is 23.4. The Kier molecular flexibility index (Phi) is 6.93. The number of pyridine rings is 1. The van der Waals surface area contributed by atoms with Gasteiger partial charge in [-0.15, -0.1) is 0 Å². The number of ether oxygens (including phenoxy) is 1. The predicted molar refractivity (Wildman–Crippen MR) is 133 cm³/mol. The van der Waals surface area contributed by atoms with E-state index in [0.29, 0.717) is 23.5 Å². The molecule has 1 aromatic heterocycles. The van der Waals surface area contributed by atoms with Gasteiger partial charge in [0.25, 0.3) is 11.7 Å². The van der Waals surface area contributed by atoms with Crippen LogP contribution in [-0.2, 0) is 16.1 Å². The molecule has 2 heterocycles. The normalized spacial score (nSPS) is 17.1. The molecular weight excluding hydrogens is 496 g/mol. The van der Waals surface area contributed by atoms with E-state index in [1.165, 1.54) is 4.90 Å². The van der Waals surface area contributed by atoms with E-state index in [9.17, 15) is 14.7 Å².